The molecule has 0 radical (unpaired) electrons. The van der Waals surface area contributed by atoms with Crippen molar-refractivity contribution in [3.63, 3.8) is 0 Å². The smallest absolute Gasteiger partial charge is 0.251 e. The Morgan fingerprint density at radius 2 is 1.83 bits per heavy atom. The number of carbonyl (C=O) groups is 1. The average molecular weight is 310 g/mol. The first-order valence-electron chi connectivity index (χ1n) is 8.43. The highest BCUT2D eigenvalue weighted by atomic mass is 16.1. The Labute approximate surface area is 136 Å². The van der Waals surface area contributed by atoms with E-state index in [2.05, 4.69) is 15.2 Å². The number of rotatable bonds is 4. The number of carbonyl (C=O) groups excluding carboxylic acids is 1. The average Bonchev–Trinajstić information content (AvgIpc) is 3.30. The van der Waals surface area contributed by atoms with Gasteiger partial charge in [0, 0.05) is 48.8 Å². The van der Waals surface area contributed by atoms with Crippen molar-refractivity contribution in [1.82, 2.24) is 19.8 Å². The van der Waals surface area contributed by atoms with Crippen molar-refractivity contribution in [1.29, 1.82) is 0 Å². The highest BCUT2D eigenvalue weighted by Crippen LogP contribution is 2.29. The van der Waals surface area contributed by atoms with Gasteiger partial charge >= 0.3 is 0 Å². The van der Waals surface area contributed by atoms with Crippen molar-refractivity contribution in [2.75, 3.05) is 13.1 Å². The van der Waals surface area contributed by atoms with E-state index < -0.39 is 0 Å². The summed E-state index contributed by atoms with van der Waals surface area (Å²) in [5, 5.41) is 3.18. The van der Waals surface area contributed by atoms with Crippen molar-refractivity contribution in [3.8, 4) is 5.69 Å². The lowest BCUT2D eigenvalue weighted by molar-refractivity contribution is 0.0909. The highest BCUT2D eigenvalue weighted by molar-refractivity contribution is 5.94. The number of piperidine rings is 1. The first-order valence-corrected chi connectivity index (χ1v) is 8.43. The Morgan fingerprint density at radius 3 is 2.43 bits per heavy atom. The van der Waals surface area contributed by atoms with Gasteiger partial charge in [0.05, 0.1) is 6.33 Å². The van der Waals surface area contributed by atoms with Gasteiger partial charge in [-0.25, -0.2) is 4.98 Å². The Balaban J connectivity index is 1.34. The summed E-state index contributed by atoms with van der Waals surface area (Å²) >= 11 is 0. The molecule has 1 aliphatic heterocycles. The topological polar surface area (TPSA) is 50.2 Å². The number of aromatic nitrogens is 2. The second-order valence-electron chi connectivity index (χ2n) is 6.53. The maximum Gasteiger partial charge on any atom is 0.251 e. The van der Waals surface area contributed by atoms with Crippen LogP contribution in [-0.2, 0) is 0 Å². The van der Waals surface area contributed by atoms with E-state index in [0.717, 1.165) is 43.2 Å². The highest BCUT2D eigenvalue weighted by Gasteiger charge is 2.32. The number of amides is 1. The predicted octanol–water partition coefficient (Wildman–Crippen LogP) is 2.23. The largest absolute Gasteiger partial charge is 0.349 e. The molecule has 1 N–H and O–H groups in total. The molecule has 0 atom stereocenters. The van der Waals surface area contributed by atoms with Crippen LogP contribution in [0, 0.1) is 0 Å². The molecular formula is C18H22N4O. The van der Waals surface area contributed by atoms with Crippen molar-refractivity contribution < 1.29 is 4.79 Å². The first kappa shape index (κ1) is 14.5. The van der Waals surface area contributed by atoms with Crippen molar-refractivity contribution in [3.05, 3.63) is 48.5 Å². The molecule has 1 aromatic heterocycles. The molecule has 1 saturated carbocycles. The number of hydrogen-bond acceptors (Lipinski definition) is 3. The second kappa shape index (κ2) is 6.16. The van der Waals surface area contributed by atoms with Gasteiger partial charge in [0.15, 0.2) is 0 Å². The molecule has 5 nitrogen and oxygen atoms in total. The monoisotopic (exact) mass is 310 g/mol. The van der Waals surface area contributed by atoms with Crippen LogP contribution in [-0.4, -0.2) is 45.5 Å². The number of nitrogens with zero attached hydrogens (tertiary/aromatic N) is 3. The van der Waals surface area contributed by atoms with Gasteiger partial charge in [0.1, 0.15) is 0 Å². The van der Waals surface area contributed by atoms with E-state index >= 15 is 0 Å². The fourth-order valence-corrected chi connectivity index (χ4v) is 3.31. The fraction of sp³-hybridized carbons (Fsp3) is 0.444. The van der Waals surface area contributed by atoms with Crippen LogP contribution in [0.1, 0.15) is 36.0 Å². The molecule has 2 aliphatic rings. The Hall–Kier alpha value is -2.14. The summed E-state index contributed by atoms with van der Waals surface area (Å²) in [6.07, 6.45) is 10.2. The van der Waals surface area contributed by atoms with Gasteiger partial charge in [-0.1, -0.05) is 0 Å². The number of hydrogen-bond donors (Lipinski definition) is 1. The van der Waals surface area contributed by atoms with Crippen LogP contribution in [0.2, 0.25) is 0 Å². The van der Waals surface area contributed by atoms with E-state index in [1.54, 1.807) is 12.5 Å². The van der Waals surface area contributed by atoms with E-state index in [1.807, 2.05) is 35.0 Å². The third-order valence-corrected chi connectivity index (χ3v) is 4.86. The van der Waals surface area contributed by atoms with Gasteiger partial charge in [-0.3, -0.25) is 4.79 Å². The molecule has 1 saturated heterocycles. The van der Waals surface area contributed by atoms with Crippen LogP contribution in [0.25, 0.3) is 5.69 Å². The molecule has 0 spiro atoms. The van der Waals surface area contributed by atoms with Gasteiger partial charge in [-0.15, -0.1) is 0 Å². The normalized spacial score (nSPS) is 19.7. The van der Waals surface area contributed by atoms with E-state index in [9.17, 15) is 4.79 Å². The molecule has 4 rings (SSSR count). The molecule has 1 amide bonds. The molecule has 0 unspecified atom stereocenters. The summed E-state index contributed by atoms with van der Waals surface area (Å²) in [5.74, 6) is 0.0343. The molecule has 1 aliphatic carbocycles. The lowest BCUT2D eigenvalue weighted by Crippen LogP contribution is -2.45. The van der Waals surface area contributed by atoms with Crippen LogP contribution in [0.3, 0.4) is 0 Å². The van der Waals surface area contributed by atoms with Crippen molar-refractivity contribution in [2.24, 2.45) is 0 Å². The minimum Gasteiger partial charge on any atom is -0.349 e. The maximum absolute atomic E-state index is 12.4. The molecule has 5 heteroatoms. The van der Waals surface area contributed by atoms with Gasteiger partial charge < -0.3 is 14.8 Å². The molecular weight excluding hydrogens is 288 g/mol. The van der Waals surface area contributed by atoms with Crippen LogP contribution >= 0.6 is 0 Å². The van der Waals surface area contributed by atoms with Gasteiger partial charge in [-0.2, -0.15) is 0 Å². The summed E-state index contributed by atoms with van der Waals surface area (Å²) in [6.45, 7) is 2.24. The summed E-state index contributed by atoms with van der Waals surface area (Å²) < 4.78 is 1.93. The summed E-state index contributed by atoms with van der Waals surface area (Å²) in [5.41, 5.74) is 1.73. The van der Waals surface area contributed by atoms with Crippen molar-refractivity contribution in [2.45, 2.75) is 37.8 Å². The van der Waals surface area contributed by atoms with E-state index in [4.69, 9.17) is 0 Å². The van der Waals surface area contributed by atoms with Crippen LogP contribution in [0.4, 0.5) is 0 Å². The standard InChI is InChI=1S/C18H22N4O/c23-18(20-15-7-10-21(11-8-15)16-5-6-16)14-1-3-17(4-2-14)22-12-9-19-13-22/h1-4,9,12-13,15-16H,5-8,10-11H2,(H,20,23). The minimum atomic E-state index is 0.0343. The zero-order valence-electron chi connectivity index (χ0n) is 13.2. The SMILES string of the molecule is O=C(NC1CCN(C2CC2)CC1)c1ccc(-n2ccnc2)cc1. The first-order chi connectivity index (χ1) is 11.3. The minimum absolute atomic E-state index is 0.0343. The van der Waals surface area contributed by atoms with Crippen LogP contribution < -0.4 is 5.32 Å². The van der Waals surface area contributed by atoms with Gasteiger partial charge in [0.2, 0.25) is 0 Å². The zero-order valence-corrected chi connectivity index (χ0v) is 13.2. The second-order valence-corrected chi connectivity index (χ2v) is 6.53. The lowest BCUT2D eigenvalue weighted by atomic mass is 10.0. The quantitative estimate of drug-likeness (QED) is 0.942. The number of benzene rings is 1. The van der Waals surface area contributed by atoms with Gasteiger partial charge in [0.25, 0.3) is 5.91 Å². The Morgan fingerprint density at radius 1 is 1.09 bits per heavy atom. The van der Waals surface area contributed by atoms with E-state index in [-0.39, 0.29) is 5.91 Å². The van der Waals surface area contributed by atoms with Crippen molar-refractivity contribution >= 4 is 5.91 Å². The zero-order chi connectivity index (χ0) is 15.6. The predicted molar refractivity (Wildman–Crippen MR) is 88.6 cm³/mol. The van der Waals surface area contributed by atoms with E-state index in [0.29, 0.717) is 6.04 Å². The van der Waals surface area contributed by atoms with E-state index in [1.165, 1.54) is 12.8 Å². The molecule has 2 aromatic rings. The summed E-state index contributed by atoms with van der Waals surface area (Å²) in [6, 6.07) is 8.81. The summed E-state index contributed by atoms with van der Waals surface area (Å²) in [4.78, 5) is 19.0. The molecule has 1 aromatic carbocycles. The summed E-state index contributed by atoms with van der Waals surface area (Å²) in [7, 11) is 0. The molecule has 23 heavy (non-hydrogen) atoms. The molecule has 2 fully saturated rings. The molecule has 0 bridgehead atoms. The number of imidazole rings is 1. The number of likely N-dealkylation sites (tertiary alicyclic amines) is 1. The fourth-order valence-electron chi connectivity index (χ4n) is 3.31. The Kier molecular flexibility index (Phi) is 3.87. The van der Waals surface area contributed by atoms with Crippen LogP contribution in [0.5, 0.6) is 0 Å². The number of nitrogens with one attached hydrogen (secondary N) is 1. The molecule has 2 heterocycles. The maximum atomic E-state index is 12.4. The van der Waals surface area contributed by atoms with Crippen LogP contribution in [0.15, 0.2) is 43.0 Å². The molecule has 120 valence electrons. The lowest BCUT2D eigenvalue weighted by Gasteiger charge is -2.32. The Bertz CT molecular complexity index is 653. The third kappa shape index (κ3) is 3.29. The third-order valence-electron chi connectivity index (χ3n) is 4.86. The van der Waals surface area contributed by atoms with Gasteiger partial charge in [-0.05, 0) is 49.9 Å².